The Morgan fingerprint density at radius 1 is 1.52 bits per heavy atom. The fourth-order valence-corrected chi connectivity index (χ4v) is 3.01. The molecule has 0 radical (unpaired) electrons. The van der Waals surface area contributed by atoms with Crippen LogP contribution in [-0.4, -0.2) is 49.8 Å². The van der Waals surface area contributed by atoms with Gasteiger partial charge in [-0.05, 0) is 0 Å². The summed E-state index contributed by atoms with van der Waals surface area (Å²) in [5, 5.41) is 0. The zero-order valence-electron chi connectivity index (χ0n) is 14.8. The Morgan fingerprint density at radius 3 is 2.89 bits per heavy atom. The summed E-state index contributed by atoms with van der Waals surface area (Å²) in [5.41, 5.74) is 4.18. The van der Waals surface area contributed by atoms with Gasteiger partial charge in [-0.25, -0.2) is 4.98 Å². The summed E-state index contributed by atoms with van der Waals surface area (Å²) in [7, 11) is 0. The number of hydrogen-bond donors (Lipinski definition) is 2. The molecule has 0 spiro atoms. The van der Waals surface area contributed by atoms with Gasteiger partial charge in [0.25, 0.3) is 5.56 Å². The molecular weight excluding hydrogens is 358 g/mol. The van der Waals surface area contributed by atoms with Crippen LogP contribution in [0.5, 0.6) is 0 Å². The number of hydrogen-bond acceptors (Lipinski definition) is 9. The van der Waals surface area contributed by atoms with Gasteiger partial charge in [-0.15, -0.1) is 0 Å². The summed E-state index contributed by atoms with van der Waals surface area (Å²) in [4.78, 5) is 45.2. The molecule has 0 saturated carbocycles. The van der Waals surface area contributed by atoms with Gasteiger partial charge in [0.2, 0.25) is 5.95 Å². The molecule has 3 heterocycles. The number of aromatic amines is 1. The zero-order chi connectivity index (χ0) is 19.8. The summed E-state index contributed by atoms with van der Waals surface area (Å²) < 4.78 is 18.0. The lowest BCUT2D eigenvalue weighted by Crippen LogP contribution is -2.44. The van der Waals surface area contributed by atoms with Crippen LogP contribution in [0.3, 0.4) is 0 Å². The van der Waals surface area contributed by atoms with Crippen molar-refractivity contribution in [3.05, 3.63) is 29.3 Å². The van der Waals surface area contributed by atoms with Gasteiger partial charge in [0.05, 0.1) is 6.33 Å². The van der Waals surface area contributed by atoms with Gasteiger partial charge in [0, 0.05) is 20.3 Å². The normalized spacial score (nSPS) is 24.7. The molecule has 1 aliphatic heterocycles. The number of imidazole rings is 1. The highest BCUT2D eigenvalue weighted by Gasteiger charge is 2.51. The first-order valence-corrected chi connectivity index (χ1v) is 8.10. The van der Waals surface area contributed by atoms with Crippen molar-refractivity contribution in [1.82, 2.24) is 19.5 Å². The van der Waals surface area contributed by atoms with Crippen molar-refractivity contribution in [2.24, 2.45) is 0 Å². The van der Waals surface area contributed by atoms with Crippen LogP contribution >= 0.6 is 0 Å². The maximum absolute atomic E-state index is 12.0. The van der Waals surface area contributed by atoms with E-state index in [9.17, 15) is 14.4 Å². The molecule has 1 aliphatic rings. The molecule has 0 unspecified atom stereocenters. The van der Waals surface area contributed by atoms with Gasteiger partial charge in [0.15, 0.2) is 16.8 Å². The highest BCUT2D eigenvalue weighted by atomic mass is 16.6. The van der Waals surface area contributed by atoms with Crippen LogP contribution in [0.1, 0.15) is 26.5 Å². The summed E-state index contributed by atoms with van der Waals surface area (Å²) in [6, 6.07) is 0. The van der Waals surface area contributed by atoms with E-state index in [1.165, 1.54) is 30.8 Å². The van der Waals surface area contributed by atoms with Crippen LogP contribution < -0.4 is 11.3 Å². The number of esters is 2. The number of carbonyl (C=O) groups is 2. The van der Waals surface area contributed by atoms with E-state index in [-0.39, 0.29) is 30.1 Å². The second-order valence-corrected chi connectivity index (χ2v) is 6.12. The Morgan fingerprint density at radius 2 is 2.26 bits per heavy atom. The van der Waals surface area contributed by atoms with Crippen LogP contribution in [0.2, 0.25) is 0 Å². The smallest absolute Gasteiger partial charge is 0.303 e. The molecule has 1 saturated heterocycles. The average molecular weight is 377 g/mol. The van der Waals surface area contributed by atoms with E-state index in [0.717, 1.165) is 0 Å². The summed E-state index contributed by atoms with van der Waals surface area (Å²) >= 11 is 0. The average Bonchev–Trinajstić information content (AvgIpc) is 3.14. The minimum atomic E-state index is -1.26. The van der Waals surface area contributed by atoms with Gasteiger partial charge < -0.3 is 19.9 Å². The van der Waals surface area contributed by atoms with E-state index in [4.69, 9.17) is 19.9 Å². The number of nitrogen functional groups attached to an aromatic ring is 1. The molecule has 3 N–H and O–H groups in total. The standard InChI is InChI=1S/C16H19N5O6/c1-4-16(6-25-8(2)22)10(26-9(3)23)5-11(27-16)21-7-18-12-13(21)19-15(17)20-14(12)24/h4,7,10-11H,1,5-6H2,2-3H3,(H3,17,19,20,24)/t10-,11+,16+/m0/s1. The SMILES string of the molecule is C=C[C@]1(COC(C)=O)O[C@@H](n2cnc3c(=O)[nH]c(N)nc32)C[C@@H]1OC(C)=O. The van der Waals surface area contributed by atoms with Crippen LogP contribution in [0.4, 0.5) is 5.95 Å². The number of rotatable bonds is 5. The molecule has 0 aliphatic carbocycles. The Labute approximate surface area is 153 Å². The first-order chi connectivity index (χ1) is 12.8. The second kappa shape index (κ2) is 6.83. The third-order valence-electron chi connectivity index (χ3n) is 4.23. The molecule has 1 fully saturated rings. The molecule has 3 rings (SSSR count). The minimum absolute atomic E-state index is 0.0707. The van der Waals surface area contributed by atoms with Gasteiger partial charge in [0.1, 0.15) is 18.9 Å². The van der Waals surface area contributed by atoms with Crippen molar-refractivity contribution in [3.63, 3.8) is 0 Å². The number of aromatic nitrogens is 4. The van der Waals surface area contributed by atoms with Crippen molar-refractivity contribution in [2.45, 2.75) is 38.2 Å². The van der Waals surface area contributed by atoms with Gasteiger partial charge in [-0.1, -0.05) is 12.7 Å². The van der Waals surface area contributed by atoms with Crippen LogP contribution in [0.25, 0.3) is 11.2 Å². The van der Waals surface area contributed by atoms with E-state index in [0.29, 0.717) is 0 Å². The monoisotopic (exact) mass is 377 g/mol. The molecule has 2 aromatic heterocycles. The molecule has 0 amide bonds. The first kappa shape index (κ1) is 18.6. The molecule has 27 heavy (non-hydrogen) atoms. The summed E-state index contributed by atoms with van der Waals surface area (Å²) in [6.07, 6.45) is 1.53. The van der Waals surface area contributed by atoms with Crippen molar-refractivity contribution < 1.29 is 23.8 Å². The lowest BCUT2D eigenvalue weighted by atomic mass is 9.97. The molecule has 11 heteroatoms. The first-order valence-electron chi connectivity index (χ1n) is 8.10. The fourth-order valence-electron chi connectivity index (χ4n) is 3.01. The number of nitrogens with one attached hydrogen (secondary N) is 1. The molecule has 0 bridgehead atoms. The Kier molecular flexibility index (Phi) is 4.70. The number of anilines is 1. The third-order valence-corrected chi connectivity index (χ3v) is 4.23. The zero-order valence-corrected chi connectivity index (χ0v) is 14.8. The number of ether oxygens (including phenoxy) is 3. The Hall–Kier alpha value is -3.21. The Balaban J connectivity index is 2.00. The van der Waals surface area contributed by atoms with Crippen molar-refractivity contribution in [3.8, 4) is 0 Å². The number of H-pyrrole nitrogens is 1. The topological polar surface area (TPSA) is 151 Å². The summed E-state index contributed by atoms with van der Waals surface area (Å²) in [6.45, 7) is 6.06. The quantitative estimate of drug-likeness (QED) is 0.543. The fraction of sp³-hybridized carbons (Fsp3) is 0.438. The van der Waals surface area contributed by atoms with Crippen molar-refractivity contribution in [2.75, 3.05) is 12.3 Å². The van der Waals surface area contributed by atoms with Gasteiger partial charge in [-0.2, -0.15) is 4.98 Å². The van der Waals surface area contributed by atoms with Crippen LogP contribution in [-0.2, 0) is 23.8 Å². The van der Waals surface area contributed by atoms with Crippen molar-refractivity contribution >= 4 is 29.1 Å². The number of fused-ring (bicyclic) bond motifs is 1. The van der Waals surface area contributed by atoms with Crippen LogP contribution in [0.15, 0.2) is 23.8 Å². The molecule has 3 atom stereocenters. The van der Waals surface area contributed by atoms with E-state index < -0.39 is 35.4 Å². The summed E-state index contributed by atoms with van der Waals surface area (Å²) in [5.74, 6) is -1.11. The largest absolute Gasteiger partial charge is 0.462 e. The molecule has 0 aromatic carbocycles. The van der Waals surface area contributed by atoms with Gasteiger partial charge in [-0.3, -0.25) is 23.9 Å². The highest BCUT2D eigenvalue weighted by molar-refractivity contribution is 5.70. The number of nitrogens with two attached hydrogens (primary N) is 1. The predicted octanol–water partition coefficient (Wildman–Crippen LogP) is 0.0403. The lowest BCUT2D eigenvalue weighted by molar-refractivity contribution is -0.165. The highest BCUT2D eigenvalue weighted by Crippen LogP contribution is 2.40. The van der Waals surface area contributed by atoms with E-state index in [2.05, 4.69) is 21.5 Å². The van der Waals surface area contributed by atoms with E-state index >= 15 is 0 Å². The Bertz CT molecular complexity index is 966. The number of nitrogens with zero attached hydrogens (tertiary/aromatic N) is 3. The molecular formula is C16H19N5O6. The minimum Gasteiger partial charge on any atom is -0.462 e. The maximum Gasteiger partial charge on any atom is 0.303 e. The van der Waals surface area contributed by atoms with Gasteiger partial charge >= 0.3 is 11.9 Å². The number of carbonyl (C=O) groups excluding carboxylic acids is 2. The lowest BCUT2D eigenvalue weighted by Gasteiger charge is -2.29. The van der Waals surface area contributed by atoms with E-state index in [1.807, 2.05) is 0 Å². The maximum atomic E-state index is 12.0. The molecule has 2 aromatic rings. The van der Waals surface area contributed by atoms with Crippen molar-refractivity contribution in [1.29, 1.82) is 0 Å². The van der Waals surface area contributed by atoms with E-state index in [1.54, 1.807) is 0 Å². The third kappa shape index (κ3) is 3.40. The second-order valence-electron chi connectivity index (χ2n) is 6.12. The molecule has 144 valence electrons. The van der Waals surface area contributed by atoms with Crippen LogP contribution in [0, 0.1) is 0 Å². The molecule has 11 nitrogen and oxygen atoms in total. The predicted molar refractivity (Wildman–Crippen MR) is 92.4 cm³/mol.